The molecular weight excluding hydrogens is 178 g/mol. The monoisotopic (exact) mass is 190 g/mol. The van der Waals surface area contributed by atoms with Crippen molar-refractivity contribution >= 4 is 11.3 Å². The lowest BCUT2D eigenvalue weighted by Gasteiger charge is -1.94. The van der Waals surface area contributed by atoms with Crippen LogP contribution >= 0.6 is 11.3 Å². The van der Waals surface area contributed by atoms with E-state index in [9.17, 15) is 0 Å². The van der Waals surface area contributed by atoms with Crippen LogP contribution in [0.3, 0.4) is 0 Å². The van der Waals surface area contributed by atoms with Crippen LogP contribution in [0.25, 0.3) is 0 Å². The van der Waals surface area contributed by atoms with Crippen molar-refractivity contribution in [2.75, 3.05) is 0 Å². The summed E-state index contributed by atoms with van der Waals surface area (Å²) in [5.74, 6) is 0. The highest BCUT2D eigenvalue weighted by atomic mass is 32.1. The molecule has 1 aromatic heterocycles. The number of nitrogens with zero attached hydrogens (tertiary/aromatic N) is 1. The molecule has 2 aromatic rings. The van der Waals surface area contributed by atoms with Gasteiger partial charge >= 0.3 is 0 Å². The Morgan fingerprint density at radius 3 is 2.62 bits per heavy atom. The molecule has 0 bridgehead atoms. The van der Waals surface area contributed by atoms with Crippen molar-refractivity contribution in [3.63, 3.8) is 0 Å². The standard InChI is InChI=1S/C11H12NS/c1-10-12(7-8-13-10)9-11-5-3-2-4-6-11/h2-8H,9H2,1H3/q+1. The zero-order chi connectivity index (χ0) is 9.10. The summed E-state index contributed by atoms with van der Waals surface area (Å²) >= 11 is 1.79. The first-order valence-corrected chi connectivity index (χ1v) is 5.22. The predicted octanol–water partition coefficient (Wildman–Crippen LogP) is 2.39. The van der Waals surface area contributed by atoms with E-state index in [-0.39, 0.29) is 0 Å². The molecule has 0 saturated heterocycles. The molecule has 1 heterocycles. The van der Waals surface area contributed by atoms with Gasteiger partial charge in [-0.05, 0) is 0 Å². The molecule has 66 valence electrons. The van der Waals surface area contributed by atoms with E-state index in [1.165, 1.54) is 10.6 Å². The fourth-order valence-electron chi connectivity index (χ4n) is 1.32. The molecule has 0 aliphatic rings. The summed E-state index contributed by atoms with van der Waals surface area (Å²) in [7, 11) is 0. The molecule has 0 saturated carbocycles. The molecule has 0 spiro atoms. The number of hydrogen-bond donors (Lipinski definition) is 0. The molecular formula is C11H12NS+. The van der Waals surface area contributed by atoms with Crippen LogP contribution in [0.1, 0.15) is 10.6 Å². The van der Waals surface area contributed by atoms with Gasteiger partial charge in [-0.15, -0.1) is 0 Å². The van der Waals surface area contributed by atoms with Crippen molar-refractivity contribution in [3.8, 4) is 0 Å². The van der Waals surface area contributed by atoms with Crippen molar-refractivity contribution < 1.29 is 4.57 Å². The lowest BCUT2D eigenvalue weighted by molar-refractivity contribution is -0.689. The average Bonchev–Trinajstić information content (AvgIpc) is 2.54. The summed E-state index contributed by atoms with van der Waals surface area (Å²) in [4.78, 5) is 0. The molecule has 0 radical (unpaired) electrons. The largest absolute Gasteiger partial charge is 0.234 e. The number of aryl methyl sites for hydroxylation is 1. The molecule has 2 rings (SSSR count). The highest BCUT2D eigenvalue weighted by molar-refractivity contribution is 7.09. The van der Waals surface area contributed by atoms with Crippen molar-refractivity contribution in [2.45, 2.75) is 13.5 Å². The summed E-state index contributed by atoms with van der Waals surface area (Å²) in [6, 6.07) is 10.5. The maximum absolute atomic E-state index is 2.26. The third-order valence-corrected chi connectivity index (χ3v) is 2.91. The Labute approximate surface area is 82.3 Å². The summed E-state index contributed by atoms with van der Waals surface area (Å²) < 4.78 is 2.26. The zero-order valence-corrected chi connectivity index (χ0v) is 8.42. The minimum Gasteiger partial charge on any atom is -0.189 e. The summed E-state index contributed by atoms with van der Waals surface area (Å²) in [6.07, 6.45) is 2.13. The fourth-order valence-corrected chi connectivity index (χ4v) is 1.98. The van der Waals surface area contributed by atoms with Crippen molar-refractivity contribution in [1.82, 2.24) is 0 Å². The Bertz CT molecular complexity index is 378. The summed E-state index contributed by atoms with van der Waals surface area (Å²) in [5.41, 5.74) is 1.36. The molecule has 2 heteroatoms. The quantitative estimate of drug-likeness (QED) is 0.640. The Morgan fingerprint density at radius 2 is 2.00 bits per heavy atom. The molecule has 0 aliphatic heterocycles. The average molecular weight is 190 g/mol. The van der Waals surface area contributed by atoms with Gasteiger partial charge in [0.15, 0.2) is 12.7 Å². The highest BCUT2D eigenvalue weighted by Gasteiger charge is 2.06. The smallest absolute Gasteiger partial charge is 0.189 e. The van der Waals surface area contributed by atoms with Crippen molar-refractivity contribution in [2.24, 2.45) is 0 Å². The highest BCUT2D eigenvalue weighted by Crippen LogP contribution is 2.02. The maximum Gasteiger partial charge on any atom is 0.234 e. The van der Waals surface area contributed by atoms with Gasteiger partial charge < -0.3 is 0 Å². The molecule has 13 heavy (non-hydrogen) atoms. The van der Waals surface area contributed by atoms with E-state index >= 15 is 0 Å². The Balaban J connectivity index is 2.20. The van der Waals surface area contributed by atoms with Crippen LogP contribution in [-0.4, -0.2) is 0 Å². The van der Waals surface area contributed by atoms with Crippen LogP contribution in [0.2, 0.25) is 0 Å². The maximum atomic E-state index is 2.26. The lowest BCUT2D eigenvalue weighted by atomic mass is 10.2. The number of rotatable bonds is 2. The zero-order valence-electron chi connectivity index (χ0n) is 7.60. The number of hydrogen-bond acceptors (Lipinski definition) is 1. The first-order valence-electron chi connectivity index (χ1n) is 4.34. The molecule has 0 amide bonds. The second-order valence-electron chi connectivity index (χ2n) is 3.04. The first kappa shape index (κ1) is 8.45. The second-order valence-corrected chi connectivity index (χ2v) is 4.13. The minimum absolute atomic E-state index is 0.982. The normalized spacial score (nSPS) is 10.2. The van der Waals surface area contributed by atoms with Crippen LogP contribution in [0.15, 0.2) is 41.9 Å². The Kier molecular flexibility index (Phi) is 2.41. The van der Waals surface area contributed by atoms with Gasteiger partial charge in [-0.3, -0.25) is 0 Å². The molecule has 0 aliphatic carbocycles. The summed E-state index contributed by atoms with van der Waals surface area (Å²) in [6.45, 7) is 3.13. The third kappa shape index (κ3) is 1.95. The predicted molar refractivity (Wildman–Crippen MR) is 54.8 cm³/mol. The van der Waals surface area contributed by atoms with Crippen LogP contribution < -0.4 is 4.57 Å². The summed E-state index contributed by atoms with van der Waals surface area (Å²) in [5, 5.41) is 3.47. The fraction of sp³-hybridized carbons (Fsp3) is 0.182. The van der Waals surface area contributed by atoms with Gasteiger partial charge in [-0.1, -0.05) is 41.7 Å². The van der Waals surface area contributed by atoms with Crippen LogP contribution in [0.4, 0.5) is 0 Å². The van der Waals surface area contributed by atoms with E-state index in [0.29, 0.717) is 0 Å². The van der Waals surface area contributed by atoms with E-state index in [4.69, 9.17) is 0 Å². The van der Waals surface area contributed by atoms with Gasteiger partial charge in [-0.2, -0.15) is 4.57 Å². The van der Waals surface area contributed by atoms with Crippen molar-refractivity contribution in [3.05, 3.63) is 52.5 Å². The number of aromatic nitrogens is 1. The Hall–Kier alpha value is -1.15. The molecule has 0 fully saturated rings. The van der Waals surface area contributed by atoms with Gasteiger partial charge in [0, 0.05) is 12.5 Å². The second kappa shape index (κ2) is 3.71. The van der Waals surface area contributed by atoms with E-state index < -0.39 is 0 Å². The number of thiazole rings is 1. The van der Waals surface area contributed by atoms with Gasteiger partial charge in [0.1, 0.15) is 0 Å². The third-order valence-electron chi connectivity index (χ3n) is 2.08. The van der Waals surface area contributed by atoms with Crippen LogP contribution in [-0.2, 0) is 6.54 Å². The van der Waals surface area contributed by atoms with Gasteiger partial charge in [-0.25, -0.2) is 0 Å². The molecule has 1 nitrogen and oxygen atoms in total. The van der Waals surface area contributed by atoms with E-state index in [0.717, 1.165) is 6.54 Å². The van der Waals surface area contributed by atoms with Gasteiger partial charge in [0.25, 0.3) is 0 Å². The van der Waals surface area contributed by atoms with Gasteiger partial charge in [0.05, 0.1) is 5.38 Å². The molecule has 0 N–H and O–H groups in total. The van der Waals surface area contributed by atoms with Gasteiger partial charge in [0.2, 0.25) is 5.01 Å². The minimum atomic E-state index is 0.982. The number of benzene rings is 1. The van der Waals surface area contributed by atoms with E-state index in [1.54, 1.807) is 11.3 Å². The van der Waals surface area contributed by atoms with E-state index in [1.807, 2.05) is 0 Å². The molecule has 0 unspecified atom stereocenters. The van der Waals surface area contributed by atoms with Crippen molar-refractivity contribution in [1.29, 1.82) is 0 Å². The van der Waals surface area contributed by atoms with E-state index in [2.05, 4.69) is 53.4 Å². The topological polar surface area (TPSA) is 3.88 Å². The SMILES string of the molecule is Cc1scc[n+]1Cc1ccccc1. The van der Waals surface area contributed by atoms with Crippen LogP contribution in [0, 0.1) is 6.92 Å². The van der Waals surface area contributed by atoms with Crippen LogP contribution in [0.5, 0.6) is 0 Å². The molecule has 0 atom stereocenters. The first-order chi connectivity index (χ1) is 6.36. The molecule has 1 aromatic carbocycles. The lowest BCUT2D eigenvalue weighted by Crippen LogP contribution is -2.34. The Morgan fingerprint density at radius 1 is 1.23 bits per heavy atom.